The van der Waals surface area contributed by atoms with Crippen LogP contribution in [0.15, 0.2) is 23.5 Å². The van der Waals surface area contributed by atoms with Gasteiger partial charge in [0.15, 0.2) is 5.16 Å². The zero-order valence-corrected chi connectivity index (χ0v) is 16.3. The minimum atomic E-state index is -0.235. The van der Waals surface area contributed by atoms with Gasteiger partial charge in [-0.05, 0) is 37.5 Å². The number of carbonyl (C=O) groups excluding carboxylic acids is 1. The lowest BCUT2D eigenvalue weighted by molar-refractivity contribution is -0.115. The van der Waals surface area contributed by atoms with Crippen LogP contribution >= 0.6 is 35.1 Å². The summed E-state index contributed by atoms with van der Waals surface area (Å²) in [6, 6.07) is 3.39. The Bertz CT molecular complexity index is 675. The van der Waals surface area contributed by atoms with Crippen LogP contribution in [-0.4, -0.2) is 38.1 Å². The summed E-state index contributed by atoms with van der Waals surface area (Å²) in [5.41, 5.74) is 2.14. The number of amides is 1. The van der Waals surface area contributed by atoms with Crippen LogP contribution in [0.5, 0.6) is 0 Å². The number of hydrogen-bond donors (Lipinski definition) is 2. The average Bonchev–Trinajstić information content (AvgIpc) is 2.92. The van der Waals surface area contributed by atoms with Gasteiger partial charge in [0.2, 0.25) is 5.91 Å². The van der Waals surface area contributed by atoms with Crippen molar-refractivity contribution in [1.29, 1.82) is 0 Å². The van der Waals surface area contributed by atoms with Crippen LogP contribution in [0.25, 0.3) is 0 Å². The van der Waals surface area contributed by atoms with E-state index in [9.17, 15) is 4.79 Å². The molecule has 0 aliphatic carbocycles. The number of nitrogens with zero attached hydrogens (tertiary/aromatic N) is 2. The highest BCUT2D eigenvalue weighted by Gasteiger charge is 2.20. The van der Waals surface area contributed by atoms with Crippen molar-refractivity contribution in [3.05, 3.63) is 34.7 Å². The number of carbonyl (C=O) groups is 1. The number of nitrogens with one attached hydrogen (secondary N) is 2. The Morgan fingerprint density at radius 2 is 2.25 bits per heavy atom. The van der Waals surface area contributed by atoms with Crippen LogP contribution in [0.2, 0.25) is 5.02 Å². The van der Waals surface area contributed by atoms with Crippen molar-refractivity contribution in [2.24, 2.45) is 0 Å². The molecule has 0 aromatic carbocycles. The Labute approximate surface area is 155 Å². The number of thioether (sulfide) groups is 2. The summed E-state index contributed by atoms with van der Waals surface area (Å²) in [5.74, 6) is 1.45. The molecule has 0 fully saturated rings. The van der Waals surface area contributed by atoms with E-state index in [1.165, 1.54) is 18.0 Å². The number of pyridine rings is 1. The molecule has 0 saturated heterocycles. The molecular formula is C16H21ClN4OS2. The van der Waals surface area contributed by atoms with E-state index in [0.29, 0.717) is 17.3 Å². The normalized spacial score (nSPS) is 12.2. The Kier molecular flexibility index (Phi) is 7.45. The molecule has 1 amide bonds. The van der Waals surface area contributed by atoms with Gasteiger partial charge in [0.25, 0.3) is 0 Å². The van der Waals surface area contributed by atoms with E-state index in [4.69, 9.17) is 11.6 Å². The van der Waals surface area contributed by atoms with Crippen molar-refractivity contribution >= 4 is 46.8 Å². The second kappa shape index (κ2) is 9.34. The van der Waals surface area contributed by atoms with Crippen molar-refractivity contribution in [1.82, 2.24) is 15.0 Å². The molecule has 2 N–H and O–H groups in total. The summed E-state index contributed by atoms with van der Waals surface area (Å²) in [6.45, 7) is 4.00. The van der Waals surface area contributed by atoms with E-state index in [2.05, 4.69) is 26.5 Å². The van der Waals surface area contributed by atoms with Crippen molar-refractivity contribution < 1.29 is 4.79 Å². The molecule has 0 bridgehead atoms. The Balaban J connectivity index is 2.00. The van der Waals surface area contributed by atoms with E-state index in [-0.39, 0.29) is 11.2 Å². The van der Waals surface area contributed by atoms with Crippen LogP contribution in [-0.2, 0) is 11.2 Å². The van der Waals surface area contributed by atoms with E-state index < -0.39 is 0 Å². The Hall–Kier alpha value is -1.18. The van der Waals surface area contributed by atoms with Crippen molar-refractivity contribution in [2.45, 2.75) is 37.1 Å². The van der Waals surface area contributed by atoms with E-state index in [0.717, 1.165) is 28.7 Å². The van der Waals surface area contributed by atoms with Crippen molar-refractivity contribution in [3.8, 4) is 0 Å². The fourth-order valence-electron chi connectivity index (χ4n) is 2.08. The number of aryl methyl sites for hydroxylation is 2. The minimum Gasteiger partial charge on any atom is -0.337 e. The summed E-state index contributed by atoms with van der Waals surface area (Å²) in [6.07, 6.45) is 5.23. The smallest absolute Gasteiger partial charge is 0.239 e. The zero-order valence-electron chi connectivity index (χ0n) is 13.9. The fourth-order valence-corrected chi connectivity index (χ4v) is 3.56. The van der Waals surface area contributed by atoms with Crippen LogP contribution < -0.4 is 5.32 Å². The minimum absolute atomic E-state index is 0.0861. The van der Waals surface area contributed by atoms with Gasteiger partial charge in [-0.1, -0.05) is 30.3 Å². The van der Waals surface area contributed by atoms with Gasteiger partial charge in [-0.15, -0.1) is 0 Å². The molecule has 130 valence electrons. The van der Waals surface area contributed by atoms with Gasteiger partial charge in [-0.2, -0.15) is 11.8 Å². The molecule has 0 radical (unpaired) electrons. The number of anilines is 1. The summed E-state index contributed by atoms with van der Waals surface area (Å²) in [7, 11) is 0. The SMILES string of the molecule is CC[C@H](Sc1nc(CCSC)c(C)[nH]1)C(=O)Nc1ccc(Cl)cn1. The first kappa shape index (κ1) is 19.1. The lowest BCUT2D eigenvalue weighted by Crippen LogP contribution is -2.25. The van der Waals surface area contributed by atoms with Crippen LogP contribution in [0.1, 0.15) is 24.7 Å². The maximum atomic E-state index is 12.4. The molecule has 2 aromatic heterocycles. The Morgan fingerprint density at radius 1 is 1.46 bits per heavy atom. The summed E-state index contributed by atoms with van der Waals surface area (Å²) < 4.78 is 0. The van der Waals surface area contributed by atoms with Gasteiger partial charge in [-0.3, -0.25) is 4.79 Å². The molecule has 1 atom stereocenters. The molecule has 24 heavy (non-hydrogen) atoms. The van der Waals surface area contributed by atoms with Gasteiger partial charge < -0.3 is 10.3 Å². The first-order valence-electron chi connectivity index (χ1n) is 7.67. The maximum Gasteiger partial charge on any atom is 0.239 e. The third kappa shape index (κ3) is 5.43. The molecular weight excluding hydrogens is 364 g/mol. The van der Waals surface area contributed by atoms with Gasteiger partial charge in [0.1, 0.15) is 5.82 Å². The number of halogens is 1. The second-order valence-electron chi connectivity index (χ2n) is 5.22. The summed E-state index contributed by atoms with van der Waals surface area (Å²) >= 11 is 9.05. The topological polar surface area (TPSA) is 70.7 Å². The van der Waals surface area contributed by atoms with Gasteiger partial charge >= 0.3 is 0 Å². The largest absolute Gasteiger partial charge is 0.337 e. The first-order chi connectivity index (χ1) is 11.5. The summed E-state index contributed by atoms with van der Waals surface area (Å²) in [4.78, 5) is 24.4. The lowest BCUT2D eigenvalue weighted by atomic mass is 10.3. The quantitative estimate of drug-likeness (QED) is 0.668. The van der Waals surface area contributed by atoms with Gasteiger partial charge in [-0.25, -0.2) is 9.97 Å². The number of hydrogen-bond acceptors (Lipinski definition) is 5. The highest BCUT2D eigenvalue weighted by molar-refractivity contribution is 8.00. The zero-order chi connectivity index (χ0) is 17.5. The third-order valence-electron chi connectivity index (χ3n) is 3.40. The predicted molar refractivity (Wildman–Crippen MR) is 103 cm³/mol. The first-order valence-corrected chi connectivity index (χ1v) is 10.3. The van der Waals surface area contributed by atoms with Gasteiger partial charge in [0, 0.05) is 18.3 Å². The molecule has 8 heteroatoms. The van der Waals surface area contributed by atoms with E-state index >= 15 is 0 Å². The van der Waals surface area contributed by atoms with E-state index in [1.54, 1.807) is 23.9 Å². The average molecular weight is 385 g/mol. The molecule has 2 rings (SSSR count). The lowest BCUT2D eigenvalue weighted by Gasteiger charge is -2.12. The van der Waals surface area contributed by atoms with Crippen LogP contribution in [0, 0.1) is 6.92 Å². The van der Waals surface area contributed by atoms with Crippen LogP contribution in [0.3, 0.4) is 0 Å². The standard InChI is InChI=1S/C16H21ClN4OS2/c1-4-13(15(22)21-14-6-5-11(17)9-18-14)24-16-19-10(2)12(20-16)7-8-23-3/h5-6,9,13H,4,7-8H2,1-3H3,(H,19,20)(H,18,21,22)/t13-/m0/s1. The predicted octanol–water partition coefficient (Wildman–Crippen LogP) is 4.18. The van der Waals surface area contributed by atoms with E-state index in [1.807, 2.05) is 13.8 Å². The Morgan fingerprint density at radius 3 is 2.88 bits per heavy atom. The highest BCUT2D eigenvalue weighted by atomic mass is 35.5. The van der Waals surface area contributed by atoms with Crippen LogP contribution in [0.4, 0.5) is 5.82 Å². The molecule has 2 aromatic rings. The second-order valence-corrected chi connectivity index (χ2v) is 7.84. The number of aromatic nitrogens is 3. The fraction of sp³-hybridized carbons (Fsp3) is 0.438. The molecule has 0 saturated carbocycles. The number of imidazole rings is 1. The number of aromatic amines is 1. The highest BCUT2D eigenvalue weighted by Crippen LogP contribution is 2.25. The van der Waals surface area contributed by atoms with Crippen molar-refractivity contribution in [2.75, 3.05) is 17.3 Å². The molecule has 0 spiro atoms. The molecule has 2 heterocycles. The molecule has 5 nitrogen and oxygen atoms in total. The number of H-pyrrole nitrogens is 1. The van der Waals surface area contributed by atoms with Gasteiger partial charge in [0.05, 0.1) is 16.0 Å². The molecule has 0 aliphatic heterocycles. The van der Waals surface area contributed by atoms with Crippen molar-refractivity contribution in [3.63, 3.8) is 0 Å². The third-order valence-corrected chi connectivity index (χ3v) is 5.49. The monoisotopic (exact) mass is 384 g/mol. The maximum absolute atomic E-state index is 12.4. The summed E-state index contributed by atoms with van der Waals surface area (Å²) in [5, 5.41) is 3.91. The molecule has 0 unspecified atom stereocenters. The molecule has 0 aliphatic rings. The number of rotatable bonds is 8.